The maximum absolute atomic E-state index is 14.0. The molecule has 0 radical (unpaired) electrons. The number of phenols is 1. The van der Waals surface area contributed by atoms with Gasteiger partial charge in [0.25, 0.3) is 0 Å². The van der Waals surface area contributed by atoms with Gasteiger partial charge in [0.2, 0.25) is 11.8 Å². The van der Waals surface area contributed by atoms with E-state index in [1.807, 2.05) is 36.4 Å². The molecule has 1 aliphatic heterocycles. The van der Waals surface area contributed by atoms with Gasteiger partial charge in [-0.2, -0.15) is 0 Å². The van der Waals surface area contributed by atoms with Crippen LogP contribution in [0.3, 0.4) is 0 Å². The number of aromatic hydroxyl groups is 1. The number of rotatable bonds is 22. The summed E-state index contributed by atoms with van der Waals surface area (Å²) in [5.41, 5.74) is 1.48. The number of phenolic OH excluding ortho intramolecular Hbond substituents is 1. The fraction of sp³-hybridized carbons (Fsp3) is 0.565. The van der Waals surface area contributed by atoms with Crippen LogP contribution in [0.4, 0.5) is 0 Å². The maximum Gasteiger partial charge on any atom is 0.339 e. The molecule has 0 saturated carbocycles. The number of allylic oxidation sites excluding steroid dienone is 1. The number of aliphatic hydroxyl groups excluding tert-OH is 1. The lowest BCUT2D eigenvalue weighted by Crippen LogP contribution is -2.44. The number of ether oxygens (including phenoxy) is 4. The van der Waals surface area contributed by atoms with Crippen molar-refractivity contribution in [1.82, 2.24) is 10.6 Å². The molecule has 4 atom stereocenters. The lowest BCUT2D eigenvalue weighted by molar-refractivity contribution is -0.190. The molecule has 2 amide bonds. The molecule has 12 nitrogen and oxygen atoms in total. The van der Waals surface area contributed by atoms with Gasteiger partial charge in [-0.15, -0.1) is 0 Å². The van der Waals surface area contributed by atoms with E-state index in [1.54, 1.807) is 51.1 Å². The zero-order chi connectivity index (χ0) is 42.1. The van der Waals surface area contributed by atoms with Crippen molar-refractivity contribution >= 4 is 29.8 Å². The highest BCUT2D eigenvalue weighted by Gasteiger charge is 2.52. The van der Waals surface area contributed by atoms with E-state index in [2.05, 4.69) is 24.5 Å². The molecule has 4 N–H and O–H groups in total. The minimum absolute atomic E-state index is 0.0145. The van der Waals surface area contributed by atoms with Gasteiger partial charge in [0, 0.05) is 44.2 Å². The molecule has 2 aromatic carbocycles. The Morgan fingerprint density at radius 2 is 1.64 bits per heavy atom. The average Bonchev–Trinajstić information content (AvgIpc) is 3.55. The smallest absolute Gasteiger partial charge is 0.339 e. The summed E-state index contributed by atoms with van der Waals surface area (Å²) in [6.07, 6.45) is 11.4. The van der Waals surface area contributed by atoms with Crippen LogP contribution in [0.2, 0.25) is 0 Å². The number of hydrogen-bond acceptors (Lipinski definition) is 10. The van der Waals surface area contributed by atoms with Crippen LogP contribution in [0.5, 0.6) is 5.75 Å². The fourth-order valence-electron chi connectivity index (χ4n) is 7.22. The summed E-state index contributed by atoms with van der Waals surface area (Å²) in [4.78, 5) is 52.5. The minimum Gasteiger partial charge on any atom is -0.508 e. The first-order valence-electron chi connectivity index (χ1n) is 21.0. The van der Waals surface area contributed by atoms with Gasteiger partial charge in [-0.05, 0) is 75.8 Å². The Hall–Kier alpha value is -4.52. The topological polar surface area (TPSA) is 170 Å². The number of unbranched alkanes of at least 4 members (excludes halogenated alkanes) is 4. The SMILES string of the molecule is CCCCCC1(CCCCC)O[C@@H]2[C@@H](C=C(C(=O)NCCC(=O)N[C@H](CO)CCC(=O)OC(C)(C)C)C[C@H]2OC(=O)c2ccccc2C=CCc2ccccc2O)O1. The van der Waals surface area contributed by atoms with E-state index in [0.717, 1.165) is 44.1 Å². The molecule has 2 aromatic rings. The highest BCUT2D eigenvalue weighted by atomic mass is 16.8. The highest BCUT2D eigenvalue weighted by Crippen LogP contribution is 2.43. The van der Waals surface area contributed by atoms with Crippen LogP contribution in [0.1, 0.15) is 133 Å². The fourth-order valence-corrected chi connectivity index (χ4v) is 7.22. The van der Waals surface area contributed by atoms with E-state index >= 15 is 0 Å². The van der Waals surface area contributed by atoms with Gasteiger partial charge in [-0.3, -0.25) is 14.4 Å². The first-order valence-corrected chi connectivity index (χ1v) is 21.0. The molecule has 0 bridgehead atoms. The zero-order valence-corrected chi connectivity index (χ0v) is 34.9. The predicted molar refractivity (Wildman–Crippen MR) is 222 cm³/mol. The summed E-state index contributed by atoms with van der Waals surface area (Å²) >= 11 is 0. The number of amides is 2. The maximum atomic E-state index is 14.0. The van der Waals surface area contributed by atoms with Crippen molar-refractivity contribution < 1.29 is 48.3 Å². The van der Waals surface area contributed by atoms with Gasteiger partial charge in [0.15, 0.2) is 5.79 Å². The summed E-state index contributed by atoms with van der Waals surface area (Å²) in [7, 11) is 0. The molecule has 318 valence electrons. The monoisotopic (exact) mass is 804 g/mol. The lowest BCUT2D eigenvalue weighted by atomic mass is 9.91. The van der Waals surface area contributed by atoms with E-state index in [1.165, 1.54) is 0 Å². The Morgan fingerprint density at radius 3 is 2.31 bits per heavy atom. The second kappa shape index (κ2) is 22.6. The molecule has 1 fully saturated rings. The summed E-state index contributed by atoms with van der Waals surface area (Å²) in [5, 5.41) is 25.5. The molecule has 0 unspecified atom stereocenters. The van der Waals surface area contributed by atoms with Crippen LogP contribution >= 0.6 is 0 Å². The number of carbonyl (C=O) groups is 4. The summed E-state index contributed by atoms with van der Waals surface area (Å²) in [5.74, 6) is -2.46. The lowest BCUT2D eigenvalue weighted by Gasteiger charge is -2.31. The molecule has 4 rings (SSSR count). The quantitative estimate of drug-likeness (QED) is 0.0703. The Labute approximate surface area is 343 Å². The number of benzene rings is 2. The van der Waals surface area contributed by atoms with E-state index in [4.69, 9.17) is 18.9 Å². The van der Waals surface area contributed by atoms with E-state index in [9.17, 15) is 29.4 Å². The number of fused-ring (bicyclic) bond motifs is 1. The molecule has 1 heterocycles. The van der Waals surface area contributed by atoms with E-state index in [-0.39, 0.29) is 44.6 Å². The van der Waals surface area contributed by atoms with Gasteiger partial charge in [-0.25, -0.2) is 4.79 Å². The molecular weight excluding hydrogens is 741 g/mol. The number of hydrogen-bond donors (Lipinski definition) is 4. The number of carbonyl (C=O) groups excluding carboxylic acids is 4. The number of nitrogens with one attached hydrogen (secondary N) is 2. The largest absolute Gasteiger partial charge is 0.508 e. The first kappa shape index (κ1) is 46.2. The van der Waals surface area contributed by atoms with Gasteiger partial charge in [-0.1, -0.05) is 88.1 Å². The van der Waals surface area contributed by atoms with Crippen molar-refractivity contribution in [3.05, 3.63) is 82.9 Å². The molecule has 12 heteroatoms. The molecule has 2 aliphatic rings. The Bertz CT molecular complexity index is 1720. The van der Waals surface area contributed by atoms with Crippen LogP contribution in [-0.4, -0.2) is 82.9 Å². The van der Waals surface area contributed by atoms with Crippen molar-refractivity contribution in [2.45, 2.75) is 154 Å². The van der Waals surface area contributed by atoms with Crippen molar-refractivity contribution in [2.75, 3.05) is 13.2 Å². The van der Waals surface area contributed by atoms with Crippen LogP contribution < -0.4 is 10.6 Å². The van der Waals surface area contributed by atoms with Crippen LogP contribution in [-0.2, 0) is 39.8 Å². The number of esters is 2. The second-order valence-corrected chi connectivity index (χ2v) is 16.2. The Balaban J connectivity index is 1.47. The third-order valence-electron chi connectivity index (χ3n) is 10.2. The summed E-state index contributed by atoms with van der Waals surface area (Å²) < 4.78 is 25.1. The Morgan fingerprint density at radius 1 is 0.948 bits per heavy atom. The van der Waals surface area contributed by atoms with E-state index < -0.39 is 59.5 Å². The van der Waals surface area contributed by atoms with Gasteiger partial charge < -0.3 is 39.8 Å². The van der Waals surface area contributed by atoms with Crippen molar-refractivity contribution in [2.24, 2.45) is 0 Å². The third-order valence-corrected chi connectivity index (χ3v) is 10.2. The number of para-hydroxylation sites is 1. The average molecular weight is 805 g/mol. The first-order chi connectivity index (χ1) is 27.8. The Kier molecular flexibility index (Phi) is 18.0. The van der Waals surface area contributed by atoms with Crippen molar-refractivity contribution in [3.8, 4) is 5.75 Å². The van der Waals surface area contributed by atoms with Crippen LogP contribution in [0.25, 0.3) is 6.08 Å². The highest BCUT2D eigenvalue weighted by molar-refractivity contribution is 5.95. The summed E-state index contributed by atoms with van der Waals surface area (Å²) in [6.45, 7) is 9.26. The third kappa shape index (κ3) is 14.4. The molecule has 1 aliphatic carbocycles. The van der Waals surface area contributed by atoms with Gasteiger partial charge >= 0.3 is 11.9 Å². The minimum atomic E-state index is -0.874. The van der Waals surface area contributed by atoms with Crippen molar-refractivity contribution in [1.29, 1.82) is 0 Å². The van der Waals surface area contributed by atoms with Gasteiger partial charge in [0.1, 0.15) is 29.7 Å². The second-order valence-electron chi connectivity index (χ2n) is 16.2. The summed E-state index contributed by atoms with van der Waals surface area (Å²) in [6, 6.07) is 13.6. The molecule has 1 saturated heterocycles. The molecular formula is C46H64N2O10. The zero-order valence-electron chi connectivity index (χ0n) is 34.9. The van der Waals surface area contributed by atoms with Crippen LogP contribution in [0.15, 0.2) is 66.3 Å². The predicted octanol–water partition coefficient (Wildman–Crippen LogP) is 7.25. The molecule has 0 spiro atoms. The van der Waals surface area contributed by atoms with Crippen LogP contribution in [0, 0.1) is 0 Å². The number of aliphatic hydroxyl groups is 1. The standard InChI is InChI=1S/C46H64N2O10/c1-6-8-14-26-46(27-15-9-7-2)56-39-30-34(43(53)47-28-25-40(51)48-35(31-49)23-24-41(52)57-45(3,4)5)29-38(42(39)58-46)55-44(54)36-21-12-10-17-32(36)19-16-20-33-18-11-13-22-37(33)50/h10-13,16-19,21-22,30,35,38-39,42,49-50H,6-9,14-15,20,23-29,31H2,1-5H3,(H,47,53)(H,48,51)/t35-,38+,39+,42-/m0/s1. The van der Waals surface area contributed by atoms with Crippen molar-refractivity contribution in [3.63, 3.8) is 0 Å². The van der Waals surface area contributed by atoms with E-state index in [0.29, 0.717) is 36.0 Å². The van der Waals surface area contributed by atoms with Gasteiger partial charge in [0.05, 0.1) is 18.2 Å². The molecule has 0 aromatic heterocycles. The molecule has 58 heavy (non-hydrogen) atoms. The normalized spacial score (nSPS) is 19.2.